The maximum atomic E-state index is 13.3. The fourth-order valence-electron chi connectivity index (χ4n) is 3.26. The van der Waals surface area contributed by atoms with Crippen molar-refractivity contribution in [3.8, 4) is 11.3 Å². The molecular weight excluding hydrogens is 349 g/mol. The number of nitrogens with zero attached hydrogens (tertiary/aromatic N) is 3. The normalized spacial score (nSPS) is 15.6. The van der Waals surface area contributed by atoms with Crippen LogP contribution in [0.4, 0.5) is 10.3 Å². The van der Waals surface area contributed by atoms with Gasteiger partial charge in [0.2, 0.25) is 11.8 Å². The number of hydrogen-bond acceptors (Lipinski definition) is 5. The minimum Gasteiger partial charge on any atom is -0.378 e. The van der Waals surface area contributed by atoms with Gasteiger partial charge in [-0.2, -0.15) is 0 Å². The van der Waals surface area contributed by atoms with Gasteiger partial charge in [0, 0.05) is 31.6 Å². The Morgan fingerprint density at radius 3 is 2.56 bits per heavy atom. The standard InChI is InChI=1S/C20H26FN3O3/c1-4-14(2)24(15(3)25)13-18-19(16-5-7-17(21)8-6-16)22-27-20(18)23-9-11-26-12-10-23/h5-8,14H,4,9-13H2,1-3H3. The molecule has 1 aromatic carbocycles. The van der Waals surface area contributed by atoms with Gasteiger partial charge in [0.1, 0.15) is 11.5 Å². The van der Waals surface area contributed by atoms with E-state index in [9.17, 15) is 9.18 Å². The third kappa shape index (κ3) is 4.30. The van der Waals surface area contributed by atoms with Gasteiger partial charge in [-0.05, 0) is 37.6 Å². The number of ether oxygens (including phenoxy) is 1. The molecule has 1 aliphatic heterocycles. The maximum Gasteiger partial charge on any atom is 0.233 e. The molecule has 1 saturated heterocycles. The van der Waals surface area contributed by atoms with E-state index in [1.165, 1.54) is 12.1 Å². The smallest absolute Gasteiger partial charge is 0.233 e. The number of rotatable bonds is 6. The van der Waals surface area contributed by atoms with Crippen molar-refractivity contribution in [3.05, 3.63) is 35.6 Å². The molecule has 0 aliphatic carbocycles. The lowest BCUT2D eigenvalue weighted by Gasteiger charge is -2.30. The van der Waals surface area contributed by atoms with Crippen LogP contribution >= 0.6 is 0 Å². The highest BCUT2D eigenvalue weighted by Crippen LogP contribution is 2.33. The zero-order valence-corrected chi connectivity index (χ0v) is 16.1. The average molecular weight is 375 g/mol. The van der Waals surface area contributed by atoms with Crippen LogP contribution in [-0.2, 0) is 16.1 Å². The zero-order chi connectivity index (χ0) is 19.4. The largest absolute Gasteiger partial charge is 0.378 e. The molecule has 0 spiro atoms. The summed E-state index contributed by atoms with van der Waals surface area (Å²) in [5, 5.41) is 4.27. The number of carbonyl (C=O) groups is 1. The van der Waals surface area contributed by atoms with Crippen molar-refractivity contribution in [1.82, 2.24) is 10.1 Å². The molecular formula is C20H26FN3O3. The quantitative estimate of drug-likeness (QED) is 0.774. The van der Waals surface area contributed by atoms with E-state index in [0.29, 0.717) is 44.4 Å². The highest BCUT2D eigenvalue weighted by atomic mass is 19.1. The second-order valence-electron chi connectivity index (χ2n) is 6.83. The van der Waals surface area contributed by atoms with Gasteiger partial charge in [0.15, 0.2) is 0 Å². The Hall–Kier alpha value is -2.41. The van der Waals surface area contributed by atoms with Gasteiger partial charge in [-0.25, -0.2) is 4.39 Å². The SMILES string of the molecule is CCC(C)N(Cc1c(-c2ccc(F)cc2)noc1N1CCOCC1)C(C)=O. The van der Waals surface area contributed by atoms with E-state index in [1.54, 1.807) is 19.1 Å². The van der Waals surface area contributed by atoms with Gasteiger partial charge in [-0.1, -0.05) is 12.1 Å². The minimum atomic E-state index is -0.304. The first kappa shape index (κ1) is 19.4. The molecule has 0 N–H and O–H groups in total. The van der Waals surface area contributed by atoms with Crippen LogP contribution in [0.5, 0.6) is 0 Å². The predicted molar refractivity (Wildman–Crippen MR) is 101 cm³/mol. The molecule has 0 bridgehead atoms. The molecule has 2 aromatic rings. The van der Waals surface area contributed by atoms with Crippen LogP contribution in [0.25, 0.3) is 11.3 Å². The molecule has 1 amide bonds. The van der Waals surface area contributed by atoms with Gasteiger partial charge in [-0.15, -0.1) is 0 Å². The Morgan fingerprint density at radius 1 is 1.30 bits per heavy atom. The van der Waals surface area contributed by atoms with E-state index in [2.05, 4.69) is 17.0 Å². The summed E-state index contributed by atoms with van der Waals surface area (Å²) >= 11 is 0. The van der Waals surface area contributed by atoms with E-state index in [0.717, 1.165) is 17.5 Å². The van der Waals surface area contributed by atoms with Crippen LogP contribution in [-0.4, -0.2) is 48.3 Å². The maximum absolute atomic E-state index is 13.3. The minimum absolute atomic E-state index is 0.00327. The number of halogens is 1. The van der Waals surface area contributed by atoms with Crippen LogP contribution in [0.2, 0.25) is 0 Å². The van der Waals surface area contributed by atoms with Crippen LogP contribution < -0.4 is 4.90 Å². The molecule has 27 heavy (non-hydrogen) atoms. The molecule has 6 nitrogen and oxygen atoms in total. The van der Waals surface area contributed by atoms with Crippen molar-refractivity contribution in [2.45, 2.75) is 39.8 Å². The Labute approximate surface area is 158 Å². The second-order valence-corrected chi connectivity index (χ2v) is 6.83. The Kier molecular flexibility index (Phi) is 6.11. The third-order valence-electron chi connectivity index (χ3n) is 5.04. The molecule has 146 valence electrons. The molecule has 0 radical (unpaired) electrons. The number of anilines is 1. The predicted octanol–water partition coefficient (Wildman–Crippen LogP) is 3.46. The lowest BCUT2D eigenvalue weighted by atomic mass is 10.1. The van der Waals surface area contributed by atoms with Gasteiger partial charge in [0.05, 0.1) is 25.3 Å². The molecule has 1 fully saturated rings. The molecule has 1 atom stereocenters. The highest BCUT2D eigenvalue weighted by molar-refractivity contribution is 5.75. The van der Waals surface area contributed by atoms with Gasteiger partial charge >= 0.3 is 0 Å². The number of benzene rings is 1. The third-order valence-corrected chi connectivity index (χ3v) is 5.04. The molecule has 1 aromatic heterocycles. The van der Waals surface area contributed by atoms with Crippen molar-refractivity contribution in [2.24, 2.45) is 0 Å². The molecule has 2 heterocycles. The van der Waals surface area contributed by atoms with E-state index >= 15 is 0 Å². The first-order valence-corrected chi connectivity index (χ1v) is 9.35. The van der Waals surface area contributed by atoms with Crippen LogP contribution in [0.15, 0.2) is 28.8 Å². The van der Waals surface area contributed by atoms with E-state index < -0.39 is 0 Å². The molecule has 1 unspecified atom stereocenters. The number of hydrogen-bond donors (Lipinski definition) is 0. The molecule has 0 saturated carbocycles. The molecule has 3 rings (SSSR count). The lowest BCUT2D eigenvalue weighted by molar-refractivity contribution is -0.131. The summed E-state index contributed by atoms with van der Waals surface area (Å²) in [4.78, 5) is 16.2. The van der Waals surface area contributed by atoms with Crippen molar-refractivity contribution >= 4 is 11.8 Å². The first-order chi connectivity index (χ1) is 13.0. The van der Waals surface area contributed by atoms with Gasteiger partial charge in [0.25, 0.3) is 0 Å². The Bertz CT molecular complexity index is 769. The van der Waals surface area contributed by atoms with Crippen molar-refractivity contribution in [3.63, 3.8) is 0 Å². The summed E-state index contributed by atoms with van der Waals surface area (Å²) in [6, 6.07) is 6.26. The monoisotopic (exact) mass is 375 g/mol. The fourth-order valence-corrected chi connectivity index (χ4v) is 3.26. The van der Waals surface area contributed by atoms with Crippen LogP contribution in [0.3, 0.4) is 0 Å². The number of aromatic nitrogens is 1. The summed E-state index contributed by atoms with van der Waals surface area (Å²) in [7, 11) is 0. The summed E-state index contributed by atoms with van der Waals surface area (Å²) in [6.07, 6.45) is 0.851. The topological polar surface area (TPSA) is 58.8 Å². The van der Waals surface area contributed by atoms with Crippen molar-refractivity contribution in [1.29, 1.82) is 0 Å². The van der Waals surface area contributed by atoms with Crippen molar-refractivity contribution in [2.75, 3.05) is 31.2 Å². The fraction of sp³-hybridized carbons (Fsp3) is 0.500. The highest BCUT2D eigenvalue weighted by Gasteiger charge is 2.27. The average Bonchev–Trinajstić information content (AvgIpc) is 3.10. The number of morpholine rings is 1. The Morgan fingerprint density at radius 2 is 1.96 bits per heavy atom. The van der Waals surface area contributed by atoms with Crippen molar-refractivity contribution < 1.29 is 18.4 Å². The summed E-state index contributed by atoms with van der Waals surface area (Å²) in [6.45, 7) is 8.70. The van der Waals surface area contributed by atoms with Crippen LogP contribution in [0.1, 0.15) is 32.8 Å². The summed E-state index contributed by atoms with van der Waals surface area (Å²) < 4.78 is 24.5. The van der Waals surface area contributed by atoms with Gasteiger partial charge < -0.3 is 19.1 Å². The molecule has 7 heteroatoms. The van der Waals surface area contributed by atoms with Gasteiger partial charge in [-0.3, -0.25) is 4.79 Å². The number of carbonyl (C=O) groups excluding carboxylic acids is 1. The van der Waals surface area contributed by atoms with E-state index in [4.69, 9.17) is 9.26 Å². The van der Waals surface area contributed by atoms with Crippen LogP contribution in [0, 0.1) is 5.82 Å². The zero-order valence-electron chi connectivity index (χ0n) is 16.1. The second kappa shape index (κ2) is 8.52. The van der Waals surface area contributed by atoms with E-state index in [-0.39, 0.29) is 17.8 Å². The van der Waals surface area contributed by atoms with E-state index in [1.807, 2.05) is 11.8 Å². The summed E-state index contributed by atoms with van der Waals surface area (Å²) in [5.41, 5.74) is 2.26. The first-order valence-electron chi connectivity index (χ1n) is 9.35. The lowest BCUT2D eigenvalue weighted by Crippen LogP contribution is -2.39. The Balaban J connectivity index is 2.02. The summed E-state index contributed by atoms with van der Waals surface area (Å²) in [5.74, 6) is 0.359. The molecule has 1 aliphatic rings. The number of amides is 1.